The number of carbonyl (C=O) groups excluding carboxylic acids is 1. The Kier molecular flexibility index (Phi) is 6.61. The maximum Gasteiger partial charge on any atom is 0.428 e. The fraction of sp³-hybridized carbons (Fsp3) is 0.136. The zero-order valence-corrected chi connectivity index (χ0v) is 20.3. The molecule has 0 radical (unpaired) electrons. The Labute approximate surface area is 210 Å². The third kappa shape index (κ3) is 4.76. The molecule has 3 aromatic rings. The zero-order valence-electron chi connectivity index (χ0n) is 17.2. The fourth-order valence-electron chi connectivity index (χ4n) is 3.39. The van der Waals surface area contributed by atoms with E-state index in [0.29, 0.717) is 21.2 Å². The molecule has 0 aliphatic carbocycles. The van der Waals surface area contributed by atoms with E-state index in [1.807, 2.05) is 0 Å². The SMILES string of the molecule is Cc1cc(C2=CC(c3cc(Cl)cc(Cl)c3)(C(F)(F)F)ON2)ccc1C(=O)Nc1ncc(Br)cn1. The number of hydrogen-bond acceptors (Lipinski definition) is 5. The molecule has 1 aliphatic heterocycles. The second kappa shape index (κ2) is 9.18. The minimum absolute atomic E-state index is 0.0394. The molecule has 1 unspecified atom stereocenters. The molecule has 34 heavy (non-hydrogen) atoms. The van der Waals surface area contributed by atoms with Gasteiger partial charge in [-0.15, -0.1) is 0 Å². The van der Waals surface area contributed by atoms with Crippen LogP contribution in [0.15, 0.2) is 59.3 Å². The second-order valence-electron chi connectivity index (χ2n) is 7.36. The van der Waals surface area contributed by atoms with Crippen molar-refractivity contribution in [3.8, 4) is 0 Å². The summed E-state index contributed by atoms with van der Waals surface area (Å²) in [5.74, 6) is -0.352. The third-order valence-electron chi connectivity index (χ3n) is 5.01. The number of aromatic nitrogens is 2. The van der Waals surface area contributed by atoms with Crippen LogP contribution in [-0.4, -0.2) is 22.1 Å². The lowest BCUT2D eigenvalue weighted by Crippen LogP contribution is -2.42. The van der Waals surface area contributed by atoms with Gasteiger partial charge in [-0.05, 0) is 70.4 Å². The van der Waals surface area contributed by atoms with Crippen LogP contribution in [0.4, 0.5) is 19.1 Å². The molecule has 0 spiro atoms. The minimum atomic E-state index is -4.82. The van der Waals surface area contributed by atoms with E-state index in [0.717, 1.165) is 18.2 Å². The van der Waals surface area contributed by atoms with Gasteiger partial charge in [-0.3, -0.25) is 20.4 Å². The summed E-state index contributed by atoms with van der Waals surface area (Å²) in [7, 11) is 0. The average Bonchev–Trinajstić information content (AvgIpc) is 3.22. The zero-order chi connectivity index (χ0) is 24.7. The van der Waals surface area contributed by atoms with Gasteiger partial charge in [0.1, 0.15) is 0 Å². The number of hydroxylamine groups is 1. The number of halogens is 6. The van der Waals surface area contributed by atoms with E-state index in [9.17, 15) is 18.0 Å². The van der Waals surface area contributed by atoms with Crippen LogP contribution in [0, 0.1) is 6.92 Å². The van der Waals surface area contributed by atoms with E-state index in [4.69, 9.17) is 28.0 Å². The smallest absolute Gasteiger partial charge is 0.290 e. The predicted molar refractivity (Wildman–Crippen MR) is 125 cm³/mol. The second-order valence-corrected chi connectivity index (χ2v) is 9.15. The molecule has 1 amide bonds. The molecule has 0 saturated heterocycles. The Bertz CT molecular complexity index is 1280. The molecule has 0 saturated carbocycles. The highest BCUT2D eigenvalue weighted by molar-refractivity contribution is 9.10. The normalized spacial score (nSPS) is 17.8. The number of rotatable bonds is 4. The van der Waals surface area contributed by atoms with Crippen LogP contribution in [0.25, 0.3) is 5.70 Å². The molecule has 1 atom stereocenters. The van der Waals surface area contributed by atoms with Crippen LogP contribution in [-0.2, 0) is 10.4 Å². The molecule has 0 fully saturated rings. The topological polar surface area (TPSA) is 76.1 Å². The Morgan fingerprint density at radius 3 is 2.35 bits per heavy atom. The monoisotopic (exact) mass is 572 g/mol. The van der Waals surface area contributed by atoms with Gasteiger partial charge in [-0.1, -0.05) is 29.3 Å². The van der Waals surface area contributed by atoms with Gasteiger partial charge in [0.25, 0.3) is 5.91 Å². The van der Waals surface area contributed by atoms with Gasteiger partial charge in [0, 0.05) is 33.6 Å². The summed E-state index contributed by atoms with van der Waals surface area (Å²) < 4.78 is 43.2. The maximum atomic E-state index is 14.2. The van der Waals surface area contributed by atoms with Crippen LogP contribution in [0.3, 0.4) is 0 Å². The predicted octanol–water partition coefficient (Wildman–Crippen LogP) is 6.44. The first kappa shape index (κ1) is 24.5. The number of nitrogens with one attached hydrogen (secondary N) is 2. The molecule has 12 heteroatoms. The lowest BCUT2D eigenvalue weighted by atomic mass is 9.91. The lowest BCUT2D eigenvalue weighted by Gasteiger charge is -2.28. The van der Waals surface area contributed by atoms with Crippen molar-refractivity contribution < 1.29 is 22.8 Å². The van der Waals surface area contributed by atoms with E-state index in [1.54, 1.807) is 13.0 Å². The molecule has 4 rings (SSSR count). The first-order valence-electron chi connectivity index (χ1n) is 9.58. The van der Waals surface area contributed by atoms with Crippen molar-refractivity contribution in [3.63, 3.8) is 0 Å². The lowest BCUT2D eigenvalue weighted by molar-refractivity contribution is -0.269. The summed E-state index contributed by atoms with van der Waals surface area (Å²) in [5.41, 5.74) is 0.552. The Morgan fingerprint density at radius 2 is 1.76 bits per heavy atom. The molecule has 2 N–H and O–H groups in total. The number of carbonyl (C=O) groups is 1. The van der Waals surface area contributed by atoms with Crippen molar-refractivity contribution in [1.82, 2.24) is 15.4 Å². The summed E-state index contributed by atoms with van der Waals surface area (Å²) in [6.45, 7) is 1.66. The van der Waals surface area contributed by atoms with Crippen LogP contribution < -0.4 is 10.8 Å². The molecule has 2 heterocycles. The number of aryl methyl sites for hydroxylation is 1. The molecule has 1 aromatic heterocycles. The van der Waals surface area contributed by atoms with Gasteiger partial charge in [-0.25, -0.2) is 9.97 Å². The number of alkyl halides is 3. The van der Waals surface area contributed by atoms with E-state index < -0.39 is 17.7 Å². The van der Waals surface area contributed by atoms with Crippen LogP contribution in [0.1, 0.15) is 27.0 Å². The number of hydrogen-bond donors (Lipinski definition) is 2. The average molecular weight is 574 g/mol. The van der Waals surface area contributed by atoms with Gasteiger partial charge in [0.2, 0.25) is 11.5 Å². The van der Waals surface area contributed by atoms with Crippen molar-refractivity contribution in [2.45, 2.75) is 18.7 Å². The summed E-state index contributed by atoms with van der Waals surface area (Å²) in [6.07, 6.45) is -0.942. The molecule has 0 bridgehead atoms. The van der Waals surface area contributed by atoms with E-state index in [1.165, 1.54) is 30.6 Å². The number of nitrogens with zero attached hydrogens (tertiary/aromatic N) is 2. The summed E-state index contributed by atoms with van der Waals surface area (Å²) in [6, 6.07) is 8.18. The van der Waals surface area contributed by atoms with E-state index >= 15 is 0 Å². The maximum absolute atomic E-state index is 14.2. The molecular weight excluding hydrogens is 560 g/mol. The Hall–Kier alpha value is -2.66. The third-order valence-corrected chi connectivity index (χ3v) is 5.86. The summed E-state index contributed by atoms with van der Waals surface area (Å²) >= 11 is 15.1. The van der Waals surface area contributed by atoms with Crippen LogP contribution in [0.5, 0.6) is 0 Å². The van der Waals surface area contributed by atoms with Crippen LogP contribution >= 0.6 is 39.1 Å². The Morgan fingerprint density at radius 1 is 1.12 bits per heavy atom. The van der Waals surface area contributed by atoms with Gasteiger partial charge in [-0.2, -0.15) is 13.2 Å². The summed E-state index contributed by atoms with van der Waals surface area (Å²) in [4.78, 5) is 25.7. The number of amides is 1. The fourth-order valence-corrected chi connectivity index (χ4v) is 4.12. The minimum Gasteiger partial charge on any atom is -0.290 e. The standard InChI is InChI=1S/C22H14BrCl2F3N4O2/c1-11-4-12(2-3-17(11)19(33)31-20-29-9-14(23)10-30-20)18-8-21(34-32-18,22(26,27)28)13-5-15(24)7-16(25)6-13/h2-10,32H,1H3,(H,29,30,31,33). The molecule has 2 aromatic carbocycles. The van der Waals surface area contributed by atoms with Crippen molar-refractivity contribution in [2.75, 3.05) is 5.32 Å². The van der Waals surface area contributed by atoms with E-state index in [-0.39, 0.29) is 27.3 Å². The van der Waals surface area contributed by atoms with Gasteiger partial charge >= 0.3 is 6.18 Å². The van der Waals surface area contributed by atoms with Crippen molar-refractivity contribution in [2.24, 2.45) is 0 Å². The first-order chi connectivity index (χ1) is 16.0. The quantitative estimate of drug-likeness (QED) is 0.376. The highest BCUT2D eigenvalue weighted by atomic mass is 79.9. The van der Waals surface area contributed by atoms with Gasteiger partial charge in [0.05, 0.1) is 10.2 Å². The highest BCUT2D eigenvalue weighted by Crippen LogP contribution is 2.48. The van der Waals surface area contributed by atoms with Crippen molar-refractivity contribution >= 4 is 56.7 Å². The van der Waals surface area contributed by atoms with E-state index in [2.05, 4.69) is 36.7 Å². The molecule has 1 aliphatic rings. The van der Waals surface area contributed by atoms with Crippen molar-refractivity contribution in [1.29, 1.82) is 0 Å². The summed E-state index contributed by atoms with van der Waals surface area (Å²) in [5, 5.41) is 2.65. The molecular formula is C22H14BrCl2F3N4O2. The highest BCUT2D eigenvalue weighted by Gasteiger charge is 2.59. The largest absolute Gasteiger partial charge is 0.428 e. The van der Waals surface area contributed by atoms with Crippen molar-refractivity contribution in [3.05, 3.63) is 91.6 Å². The Balaban J connectivity index is 1.66. The first-order valence-corrected chi connectivity index (χ1v) is 11.1. The van der Waals surface area contributed by atoms with Crippen LogP contribution in [0.2, 0.25) is 10.0 Å². The van der Waals surface area contributed by atoms with Gasteiger partial charge < -0.3 is 0 Å². The molecule has 6 nitrogen and oxygen atoms in total. The number of benzene rings is 2. The molecule has 176 valence electrons. The van der Waals surface area contributed by atoms with Gasteiger partial charge in [0.15, 0.2) is 0 Å². The number of anilines is 1.